The van der Waals surface area contributed by atoms with E-state index in [1.54, 1.807) is 15.5 Å². The van der Waals surface area contributed by atoms with Crippen LogP contribution >= 0.6 is 11.6 Å². The zero-order valence-electron chi connectivity index (χ0n) is 19.7. The van der Waals surface area contributed by atoms with Gasteiger partial charge in [0.05, 0.1) is 17.2 Å². The molecule has 2 amide bonds. The number of benzene rings is 2. The summed E-state index contributed by atoms with van der Waals surface area (Å²) >= 11 is 5.85. The van der Waals surface area contributed by atoms with Crippen LogP contribution in [0.25, 0.3) is 0 Å². The van der Waals surface area contributed by atoms with Crippen molar-refractivity contribution in [2.24, 2.45) is 0 Å². The van der Waals surface area contributed by atoms with Gasteiger partial charge in [0, 0.05) is 24.8 Å². The Balaban J connectivity index is 1.40. The number of nitrogens with one attached hydrogen (secondary N) is 1. The molecule has 1 aromatic heterocycles. The summed E-state index contributed by atoms with van der Waals surface area (Å²) in [5.74, 6) is -1.89. The number of fused-ring (bicyclic) bond motifs is 4. The molecule has 1 unspecified atom stereocenters. The van der Waals surface area contributed by atoms with E-state index in [-0.39, 0.29) is 46.7 Å². The molecule has 10 heteroatoms. The first-order chi connectivity index (χ1) is 17.9. The maximum atomic E-state index is 14.3. The van der Waals surface area contributed by atoms with Crippen LogP contribution in [0.2, 0.25) is 5.02 Å². The van der Waals surface area contributed by atoms with E-state index in [4.69, 9.17) is 21.1 Å². The smallest absolute Gasteiger partial charge is 0.276 e. The highest BCUT2D eigenvalue weighted by molar-refractivity contribution is 6.30. The lowest BCUT2D eigenvalue weighted by Gasteiger charge is -2.39. The van der Waals surface area contributed by atoms with E-state index < -0.39 is 28.9 Å². The van der Waals surface area contributed by atoms with E-state index >= 15 is 0 Å². The number of rotatable bonds is 6. The number of aromatic nitrogens is 1. The Morgan fingerprint density at radius 1 is 1.16 bits per heavy atom. The molecule has 190 valence electrons. The summed E-state index contributed by atoms with van der Waals surface area (Å²) in [5.41, 5.74) is -0.347. The van der Waals surface area contributed by atoms with Gasteiger partial charge < -0.3 is 24.3 Å². The zero-order chi connectivity index (χ0) is 25.7. The second-order valence-corrected chi connectivity index (χ2v) is 9.82. The average Bonchev–Trinajstić information content (AvgIpc) is 3.54. The molecule has 2 aliphatic heterocycles. The van der Waals surface area contributed by atoms with Gasteiger partial charge in [-0.25, -0.2) is 4.39 Å². The molecule has 3 heterocycles. The number of hydrogen-bond acceptors (Lipinski definition) is 5. The minimum absolute atomic E-state index is 0.0437. The van der Waals surface area contributed by atoms with E-state index in [9.17, 15) is 18.8 Å². The lowest BCUT2D eigenvalue weighted by molar-refractivity contribution is -0.0254. The lowest BCUT2D eigenvalue weighted by Crippen LogP contribution is -2.53. The van der Waals surface area contributed by atoms with Gasteiger partial charge in [0.15, 0.2) is 17.7 Å². The molecule has 1 atom stereocenters. The van der Waals surface area contributed by atoms with Gasteiger partial charge in [-0.15, -0.1) is 0 Å². The molecule has 3 aromatic rings. The third kappa shape index (κ3) is 3.89. The SMILES string of the molecule is O=C(NCc1cccc(Cl)c1F)c1cn2c(c(OCc3ccccc3)c1=O)C(=O)N1CCOC1C21CC1. The highest BCUT2D eigenvalue weighted by atomic mass is 35.5. The van der Waals surface area contributed by atoms with Crippen molar-refractivity contribution in [3.63, 3.8) is 0 Å². The monoisotopic (exact) mass is 523 g/mol. The average molecular weight is 524 g/mol. The van der Waals surface area contributed by atoms with Crippen molar-refractivity contribution in [2.45, 2.75) is 37.8 Å². The molecule has 6 rings (SSSR count). The van der Waals surface area contributed by atoms with Gasteiger partial charge in [0.2, 0.25) is 5.43 Å². The largest absolute Gasteiger partial charge is 0.483 e. The molecule has 2 aromatic carbocycles. The molecule has 1 saturated heterocycles. The Morgan fingerprint density at radius 3 is 2.70 bits per heavy atom. The topological polar surface area (TPSA) is 89.9 Å². The van der Waals surface area contributed by atoms with Crippen LogP contribution in [0.15, 0.2) is 59.5 Å². The van der Waals surface area contributed by atoms with E-state index in [1.807, 2.05) is 30.3 Å². The quantitative estimate of drug-likeness (QED) is 0.534. The van der Waals surface area contributed by atoms with Crippen LogP contribution in [-0.2, 0) is 23.4 Å². The Kier molecular flexibility index (Phi) is 5.77. The van der Waals surface area contributed by atoms with E-state index in [0.29, 0.717) is 13.2 Å². The summed E-state index contributed by atoms with van der Waals surface area (Å²) in [4.78, 5) is 42.0. The maximum absolute atomic E-state index is 14.3. The molecule has 1 N–H and O–H groups in total. The van der Waals surface area contributed by atoms with Crippen LogP contribution in [0.1, 0.15) is 44.8 Å². The second-order valence-electron chi connectivity index (χ2n) is 9.41. The fourth-order valence-electron chi connectivity index (χ4n) is 5.12. The standard InChI is InChI=1S/C27H23ClFN3O5/c28-19-8-4-7-17(20(19)29)13-30-24(34)18-14-32-21(23(22(18)33)37-15-16-5-2-1-3-6-16)25(35)31-11-12-36-26(31)27(32)9-10-27/h1-8,14,26H,9-13,15H2,(H,30,34). The summed E-state index contributed by atoms with van der Waals surface area (Å²) in [6.45, 7) is 0.693. The van der Waals surface area contributed by atoms with Crippen molar-refractivity contribution in [3.8, 4) is 5.75 Å². The molecule has 0 bridgehead atoms. The van der Waals surface area contributed by atoms with Crippen LogP contribution in [-0.4, -0.2) is 40.7 Å². The first-order valence-electron chi connectivity index (χ1n) is 12.0. The van der Waals surface area contributed by atoms with E-state index in [0.717, 1.165) is 18.4 Å². The molecule has 1 spiro atoms. The van der Waals surface area contributed by atoms with Gasteiger partial charge in [-0.1, -0.05) is 54.1 Å². The molecular weight excluding hydrogens is 501 g/mol. The third-order valence-electron chi connectivity index (χ3n) is 7.16. The number of halogens is 2. The van der Waals surface area contributed by atoms with Crippen molar-refractivity contribution in [1.29, 1.82) is 0 Å². The van der Waals surface area contributed by atoms with Crippen molar-refractivity contribution in [2.75, 3.05) is 13.2 Å². The Morgan fingerprint density at radius 2 is 1.95 bits per heavy atom. The van der Waals surface area contributed by atoms with E-state index in [2.05, 4.69) is 5.32 Å². The molecule has 8 nitrogen and oxygen atoms in total. The first-order valence-corrected chi connectivity index (χ1v) is 12.4. The van der Waals surface area contributed by atoms with Crippen molar-refractivity contribution in [3.05, 3.63) is 98.2 Å². The van der Waals surface area contributed by atoms with Gasteiger partial charge >= 0.3 is 0 Å². The molecule has 1 saturated carbocycles. The molecule has 0 radical (unpaired) electrons. The summed E-state index contributed by atoms with van der Waals surface area (Å²) in [5, 5.41) is 2.54. The minimum atomic E-state index is -0.706. The number of ether oxygens (including phenoxy) is 2. The normalized spacial score (nSPS) is 18.9. The fraction of sp³-hybridized carbons (Fsp3) is 0.296. The van der Waals surface area contributed by atoms with Crippen molar-refractivity contribution < 1.29 is 23.5 Å². The molecule has 1 aliphatic carbocycles. The third-order valence-corrected chi connectivity index (χ3v) is 7.45. The Labute approximate surface area is 216 Å². The Hall–Kier alpha value is -3.69. The predicted molar refractivity (Wildman–Crippen MR) is 132 cm³/mol. The number of nitrogens with zero attached hydrogens (tertiary/aromatic N) is 2. The summed E-state index contributed by atoms with van der Waals surface area (Å²) in [6, 6.07) is 13.7. The number of amides is 2. The zero-order valence-corrected chi connectivity index (χ0v) is 20.5. The van der Waals surface area contributed by atoms with E-state index in [1.165, 1.54) is 18.3 Å². The van der Waals surface area contributed by atoms with Crippen LogP contribution in [0.5, 0.6) is 5.75 Å². The van der Waals surface area contributed by atoms with Crippen LogP contribution in [0.3, 0.4) is 0 Å². The van der Waals surface area contributed by atoms with Crippen molar-refractivity contribution >= 4 is 23.4 Å². The highest BCUT2D eigenvalue weighted by Gasteiger charge is 2.61. The molecular formula is C27H23ClFN3O5. The van der Waals surface area contributed by atoms with Crippen LogP contribution in [0, 0.1) is 5.82 Å². The molecule has 3 aliphatic rings. The second kappa shape index (κ2) is 9.00. The van der Waals surface area contributed by atoms with Gasteiger partial charge in [0.1, 0.15) is 18.0 Å². The van der Waals surface area contributed by atoms with Gasteiger partial charge in [-0.2, -0.15) is 0 Å². The summed E-state index contributed by atoms with van der Waals surface area (Å²) in [7, 11) is 0. The summed E-state index contributed by atoms with van der Waals surface area (Å²) in [6.07, 6.45) is 2.41. The maximum Gasteiger partial charge on any atom is 0.276 e. The van der Waals surface area contributed by atoms with Crippen molar-refractivity contribution in [1.82, 2.24) is 14.8 Å². The molecule has 2 fully saturated rings. The number of pyridine rings is 1. The van der Waals surface area contributed by atoms with Gasteiger partial charge in [-0.05, 0) is 24.5 Å². The highest BCUT2D eigenvalue weighted by Crippen LogP contribution is 2.53. The molecule has 37 heavy (non-hydrogen) atoms. The first kappa shape index (κ1) is 23.7. The number of carbonyl (C=O) groups is 2. The minimum Gasteiger partial charge on any atom is -0.483 e. The predicted octanol–water partition coefficient (Wildman–Crippen LogP) is 3.45. The van der Waals surface area contributed by atoms with Gasteiger partial charge in [-0.3, -0.25) is 14.4 Å². The van der Waals surface area contributed by atoms with Crippen LogP contribution < -0.4 is 15.5 Å². The lowest BCUT2D eigenvalue weighted by atomic mass is 10.0. The Bertz CT molecular complexity index is 1470. The number of hydrogen-bond donors (Lipinski definition) is 1. The summed E-state index contributed by atoms with van der Waals surface area (Å²) < 4.78 is 27.9. The fourth-order valence-corrected chi connectivity index (χ4v) is 5.31. The number of carbonyl (C=O) groups excluding carboxylic acids is 2. The van der Waals surface area contributed by atoms with Gasteiger partial charge in [0.25, 0.3) is 11.8 Å². The van der Waals surface area contributed by atoms with Crippen LogP contribution in [0.4, 0.5) is 4.39 Å².